The maximum absolute atomic E-state index is 3.69. The van der Waals surface area contributed by atoms with Crippen LogP contribution in [-0.4, -0.2) is 60.1 Å². The summed E-state index contributed by atoms with van der Waals surface area (Å²) in [5.41, 5.74) is 0. The molecule has 3 nitrogen and oxygen atoms in total. The molecule has 0 aromatic heterocycles. The first kappa shape index (κ1) is 16.9. The van der Waals surface area contributed by atoms with Gasteiger partial charge in [-0.25, -0.2) is 0 Å². The fourth-order valence-corrected chi connectivity index (χ4v) is 3.24. The van der Waals surface area contributed by atoms with Gasteiger partial charge in [-0.05, 0) is 47.1 Å². The first-order chi connectivity index (χ1) is 8.90. The predicted molar refractivity (Wildman–Crippen MR) is 84.7 cm³/mol. The third kappa shape index (κ3) is 6.24. The molecule has 114 valence electrons. The van der Waals surface area contributed by atoms with Crippen LogP contribution in [-0.2, 0) is 0 Å². The van der Waals surface area contributed by atoms with Crippen molar-refractivity contribution in [3.8, 4) is 0 Å². The fraction of sp³-hybridized carbons (Fsp3) is 1.00. The normalized spacial score (nSPS) is 22.1. The highest BCUT2D eigenvalue weighted by molar-refractivity contribution is 4.80. The Hall–Kier alpha value is -0.120. The second-order valence-electron chi connectivity index (χ2n) is 6.89. The Labute approximate surface area is 120 Å². The van der Waals surface area contributed by atoms with Gasteiger partial charge in [0.2, 0.25) is 0 Å². The summed E-state index contributed by atoms with van der Waals surface area (Å²) in [6.45, 7) is 18.6. The van der Waals surface area contributed by atoms with Crippen molar-refractivity contribution in [2.24, 2.45) is 0 Å². The summed E-state index contributed by atoms with van der Waals surface area (Å²) in [6, 6.07) is 2.59. The van der Waals surface area contributed by atoms with Gasteiger partial charge in [0.1, 0.15) is 0 Å². The van der Waals surface area contributed by atoms with Crippen molar-refractivity contribution in [1.82, 2.24) is 15.1 Å². The maximum atomic E-state index is 3.69. The molecule has 1 heterocycles. The predicted octanol–water partition coefficient (Wildman–Crippen LogP) is 2.57. The average Bonchev–Trinajstić information content (AvgIpc) is 2.27. The SMILES string of the molecule is CC(C)NC1CCCN(CCN(C(C)C)C(C)C)C1. The summed E-state index contributed by atoms with van der Waals surface area (Å²) in [5.74, 6) is 0. The van der Waals surface area contributed by atoms with Crippen LogP contribution in [0.3, 0.4) is 0 Å². The lowest BCUT2D eigenvalue weighted by atomic mass is 10.0. The molecule has 0 aliphatic carbocycles. The van der Waals surface area contributed by atoms with Gasteiger partial charge in [0.25, 0.3) is 0 Å². The Kier molecular flexibility index (Phi) is 7.33. The van der Waals surface area contributed by atoms with E-state index in [0.717, 1.165) is 0 Å². The van der Waals surface area contributed by atoms with E-state index in [2.05, 4.69) is 56.7 Å². The lowest BCUT2D eigenvalue weighted by Gasteiger charge is -2.37. The number of nitrogens with one attached hydrogen (secondary N) is 1. The molecule has 19 heavy (non-hydrogen) atoms. The first-order valence-electron chi connectivity index (χ1n) is 8.14. The molecule has 1 atom stereocenters. The highest BCUT2D eigenvalue weighted by atomic mass is 15.2. The van der Waals surface area contributed by atoms with Crippen molar-refractivity contribution in [1.29, 1.82) is 0 Å². The minimum Gasteiger partial charge on any atom is -0.311 e. The van der Waals surface area contributed by atoms with E-state index >= 15 is 0 Å². The van der Waals surface area contributed by atoms with Crippen molar-refractivity contribution in [2.45, 2.75) is 78.6 Å². The van der Waals surface area contributed by atoms with Gasteiger partial charge in [0, 0.05) is 43.8 Å². The van der Waals surface area contributed by atoms with Crippen LogP contribution < -0.4 is 5.32 Å². The third-order valence-electron chi connectivity index (χ3n) is 4.08. The quantitative estimate of drug-likeness (QED) is 0.766. The zero-order chi connectivity index (χ0) is 14.4. The highest BCUT2D eigenvalue weighted by Crippen LogP contribution is 2.12. The topological polar surface area (TPSA) is 18.5 Å². The van der Waals surface area contributed by atoms with Crippen molar-refractivity contribution in [2.75, 3.05) is 26.2 Å². The van der Waals surface area contributed by atoms with Crippen LogP contribution in [0, 0.1) is 0 Å². The van der Waals surface area contributed by atoms with Crippen LogP contribution >= 0.6 is 0 Å². The van der Waals surface area contributed by atoms with Gasteiger partial charge >= 0.3 is 0 Å². The molecule has 1 unspecified atom stereocenters. The molecule has 0 aromatic carbocycles. The van der Waals surface area contributed by atoms with Crippen molar-refractivity contribution in [3.05, 3.63) is 0 Å². The Bertz CT molecular complexity index is 230. The molecule has 0 amide bonds. The lowest BCUT2D eigenvalue weighted by Crippen LogP contribution is -2.50. The third-order valence-corrected chi connectivity index (χ3v) is 4.08. The Morgan fingerprint density at radius 2 is 1.74 bits per heavy atom. The van der Waals surface area contributed by atoms with Crippen LogP contribution in [0.4, 0.5) is 0 Å². The molecule has 1 aliphatic rings. The lowest BCUT2D eigenvalue weighted by molar-refractivity contribution is 0.122. The fourth-order valence-electron chi connectivity index (χ4n) is 3.24. The molecule has 0 radical (unpaired) electrons. The van der Waals surface area contributed by atoms with Gasteiger partial charge in [-0.3, -0.25) is 4.90 Å². The van der Waals surface area contributed by atoms with Crippen LogP contribution in [0.1, 0.15) is 54.4 Å². The van der Waals surface area contributed by atoms with Gasteiger partial charge in [0.05, 0.1) is 0 Å². The van der Waals surface area contributed by atoms with E-state index in [9.17, 15) is 0 Å². The van der Waals surface area contributed by atoms with Gasteiger partial charge in [-0.2, -0.15) is 0 Å². The molecule has 1 rings (SSSR count). The summed E-state index contributed by atoms with van der Waals surface area (Å²) < 4.78 is 0. The van der Waals surface area contributed by atoms with E-state index in [1.54, 1.807) is 0 Å². The van der Waals surface area contributed by atoms with Crippen molar-refractivity contribution < 1.29 is 0 Å². The number of rotatable bonds is 7. The Morgan fingerprint density at radius 1 is 1.11 bits per heavy atom. The van der Waals surface area contributed by atoms with E-state index < -0.39 is 0 Å². The van der Waals surface area contributed by atoms with E-state index in [0.29, 0.717) is 24.2 Å². The summed E-state index contributed by atoms with van der Waals surface area (Å²) in [7, 11) is 0. The van der Waals surface area contributed by atoms with E-state index in [1.807, 2.05) is 0 Å². The largest absolute Gasteiger partial charge is 0.311 e. The molecule has 0 aromatic rings. The average molecular weight is 269 g/mol. The molecule has 0 bridgehead atoms. The number of piperidine rings is 1. The number of likely N-dealkylation sites (tertiary alicyclic amines) is 1. The summed E-state index contributed by atoms with van der Waals surface area (Å²) in [6.07, 6.45) is 2.68. The minimum absolute atomic E-state index is 0.604. The number of nitrogens with zero attached hydrogens (tertiary/aromatic N) is 2. The van der Waals surface area contributed by atoms with Gasteiger partial charge < -0.3 is 10.2 Å². The first-order valence-corrected chi connectivity index (χ1v) is 8.14. The molecule has 0 spiro atoms. The molecule has 1 aliphatic heterocycles. The molecule has 1 N–H and O–H groups in total. The van der Waals surface area contributed by atoms with E-state index in [-0.39, 0.29) is 0 Å². The molecular formula is C16H35N3. The summed E-state index contributed by atoms with van der Waals surface area (Å²) in [5, 5.41) is 3.69. The molecule has 3 heteroatoms. The van der Waals surface area contributed by atoms with Crippen LogP contribution in [0.15, 0.2) is 0 Å². The van der Waals surface area contributed by atoms with E-state index in [1.165, 1.54) is 39.0 Å². The van der Waals surface area contributed by atoms with Gasteiger partial charge in [-0.1, -0.05) is 13.8 Å². The van der Waals surface area contributed by atoms with Gasteiger partial charge in [0.15, 0.2) is 0 Å². The minimum atomic E-state index is 0.604. The highest BCUT2D eigenvalue weighted by Gasteiger charge is 2.21. The monoisotopic (exact) mass is 269 g/mol. The number of hydrogen-bond acceptors (Lipinski definition) is 3. The van der Waals surface area contributed by atoms with Crippen molar-refractivity contribution >= 4 is 0 Å². The van der Waals surface area contributed by atoms with E-state index in [4.69, 9.17) is 0 Å². The van der Waals surface area contributed by atoms with Crippen LogP contribution in [0.25, 0.3) is 0 Å². The number of hydrogen-bond donors (Lipinski definition) is 1. The maximum Gasteiger partial charge on any atom is 0.0197 e. The van der Waals surface area contributed by atoms with Crippen LogP contribution in [0.5, 0.6) is 0 Å². The zero-order valence-electron chi connectivity index (χ0n) is 13.9. The van der Waals surface area contributed by atoms with Crippen LogP contribution in [0.2, 0.25) is 0 Å². The molecule has 1 saturated heterocycles. The molecule has 0 saturated carbocycles. The van der Waals surface area contributed by atoms with Crippen molar-refractivity contribution in [3.63, 3.8) is 0 Å². The second kappa shape index (κ2) is 8.23. The Balaban J connectivity index is 2.35. The zero-order valence-corrected chi connectivity index (χ0v) is 13.9. The smallest absolute Gasteiger partial charge is 0.0197 e. The van der Waals surface area contributed by atoms with Gasteiger partial charge in [-0.15, -0.1) is 0 Å². The second-order valence-corrected chi connectivity index (χ2v) is 6.89. The standard InChI is InChI=1S/C16H35N3/c1-13(2)17-16-8-7-9-18(12-16)10-11-19(14(3)4)15(5)6/h13-17H,7-12H2,1-6H3. The summed E-state index contributed by atoms with van der Waals surface area (Å²) in [4.78, 5) is 5.24. The molecular weight excluding hydrogens is 234 g/mol. The molecule has 1 fully saturated rings. The summed E-state index contributed by atoms with van der Waals surface area (Å²) >= 11 is 0. The Morgan fingerprint density at radius 3 is 2.26 bits per heavy atom.